The van der Waals surface area contributed by atoms with Crippen LogP contribution in [0.3, 0.4) is 0 Å². The van der Waals surface area contributed by atoms with E-state index in [0.29, 0.717) is 13.2 Å². The molecule has 0 unspecified atom stereocenters. The lowest BCUT2D eigenvalue weighted by Gasteiger charge is -2.26. The van der Waals surface area contributed by atoms with E-state index in [-0.39, 0.29) is 11.9 Å². The molecule has 1 amide bonds. The van der Waals surface area contributed by atoms with Crippen LogP contribution in [-0.2, 0) is 4.74 Å². The van der Waals surface area contributed by atoms with Gasteiger partial charge in [0.25, 0.3) is 5.91 Å². The molecule has 0 saturated carbocycles. The number of thiophene rings is 1. The van der Waals surface area contributed by atoms with Crippen molar-refractivity contribution in [3.8, 4) is 0 Å². The van der Waals surface area contributed by atoms with Crippen molar-refractivity contribution in [2.24, 2.45) is 0 Å². The zero-order chi connectivity index (χ0) is 12.7. The maximum Gasteiger partial charge on any atom is 0.262 e. The number of nitrogens with one attached hydrogen (secondary N) is 1. The highest BCUT2D eigenvalue weighted by Gasteiger charge is 2.24. The van der Waals surface area contributed by atoms with E-state index in [2.05, 4.69) is 10.3 Å². The van der Waals surface area contributed by atoms with E-state index in [1.807, 2.05) is 19.9 Å². The molecule has 2 aromatic rings. The summed E-state index contributed by atoms with van der Waals surface area (Å²) in [7, 11) is 0. The van der Waals surface area contributed by atoms with Gasteiger partial charge in [-0.05, 0) is 31.0 Å². The number of fused-ring (bicyclic) bond motifs is 1. The van der Waals surface area contributed by atoms with E-state index < -0.39 is 0 Å². The third-order valence-electron chi connectivity index (χ3n) is 3.22. The summed E-state index contributed by atoms with van der Waals surface area (Å²) in [5.41, 5.74) is 2.19. The minimum atomic E-state index is -0.0109. The number of pyridine rings is 1. The molecule has 1 aliphatic rings. The van der Waals surface area contributed by atoms with E-state index in [1.54, 1.807) is 6.20 Å². The second-order valence-corrected chi connectivity index (χ2v) is 5.57. The second kappa shape index (κ2) is 4.33. The first-order valence-corrected chi connectivity index (χ1v) is 6.72. The van der Waals surface area contributed by atoms with Crippen molar-refractivity contribution < 1.29 is 9.53 Å². The SMILES string of the molecule is Cc1ccnc2sc(C(=O)NC3COC3)c(C)c12. The van der Waals surface area contributed by atoms with Crippen LogP contribution in [0.1, 0.15) is 20.8 Å². The number of amides is 1. The minimum Gasteiger partial charge on any atom is -0.377 e. The zero-order valence-corrected chi connectivity index (χ0v) is 11.1. The van der Waals surface area contributed by atoms with Gasteiger partial charge in [0.05, 0.1) is 24.1 Å². The molecule has 94 valence electrons. The highest BCUT2D eigenvalue weighted by Crippen LogP contribution is 2.31. The van der Waals surface area contributed by atoms with E-state index in [9.17, 15) is 4.79 Å². The van der Waals surface area contributed by atoms with Crippen molar-refractivity contribution in [3.63, 3.8) is 0 Å². The van der Waals surface area contributed by atoms with Crippen molar-refractivity contribution in [1.29, 1.82) is 0 Å². The fraction of sp³-hybridized carbons (Fsp3) is 0.385. The molecule has 0 aromatic carbocycles. The molecule has 0 spiro atoms. The quantitative estimate of drug-likeness (QED) is 0.901. The first-order valence-electron chi connectivity index (χ1n) is 5.90. The summed E-state index contributed by atoms with van der Waals surface area (Å²) >= 11 is 1.46. The Bertz CT molecular complexity index is 617. The van der Waals surface area contributed by atoms with Crippen LogP contribution in [0.15, 0.2) is 12.3 Å². The number of rotatable bonds is 2. The minimum absolute atomic E-state index is 0.0109. The molecular weight excluding hydrogens is 248 g/mol. The molecule has 2 aromatic heterocycles. The summed E-state index contributed by atoms with van der Waals surface area (Å²) < 4.78 is 5.06. The lowest BCUT2D eigenvalue weighted by molar-refractivity contribution is -0.00339. The highest BCUT2D eigenvalue weighted by molar-refractivity contribution is 7.20. The van der Waals surface area contributed by atoms with Gasteiger partial charge in [0.1, 0.15) is 4.83 Å². The lowest BCUT2D eigenvalue weighted by Crippen LogP contribution is -2.48. The van der Waals surface area contributed by atoms with Gasteiger partial charge in [-0.25, -0.2) is 4.98 Å². The van der Waals surface area contributed by atoms with Crippen LogP contribution in [-0.4, -0.2) is 30.1 Å². The molecule has 0 aliphatic carbocycles. The Kier molecular flexibility index (Phi) is 2.80. The summed E-state index contributed by atoms with van der Waals surface area (Å²) in [5.74, 6) is -0.0109. The number of aromatic nitrogens is 1. The molecule has 5 heteroatoms. The van der Waals surface area contributed by atoms with Crippen LogP contribution in [0.25, 0.3) is 10.2 Å². The van der Waals surface area contributed by atoms with Crippen LogP contribution in [0.4, 0.5) is 0 Å². The Balaban J connectivity index is 1.98. The van der Waals surface area contributed by atoms with Crippen LogP contribution in [0, 0.1) is 13.8 Å². The molecule has 0 bridgehead atoms. The van der Waals surface area contributed by atoms with Gasteiger partial charge in [-0.15, -0.1) is 11.3 Å². The molecule has 1 N–H and O–H groups in total. The third kappa shape index (κ3) is 1.79. The number of hydrogen-bond acceptors (Lipinski definition) is 4. The van der Waals surface area contributed by atoms with Crippen molar-refractivity contribution in [3.05, 3.63) is 28.3 Å². The summed E-state index contributed by atoms with van der Waals surface area (Å²) in [6, 6.07) is 2.14. The van der Waals surface area contributed by atoms with Gasteiger partial charge in [-0.3, -0.25) is 4.79 Å². The normalized spacial score (nSPS) is 15.7. The molecule has 3 heterocycles. The Morgan fingerprint density at radius 2 is 2.28 bits per heavy atom. The molecule has 1 fully saturated rings. The standard InChI is InChI=1S/C13H14N2O2S/c1-7-3-4-14-13-10(7)8(2)11(18-13)12(16)15-9-5-17-6-9/h3-4,9H,5-6H2,1-2H3,(H,15,16). The molecule has 3 rings (SSSR count). The average Bonchev–Trinajstić information content (AvgIpc) is 2.63. The van der Waals surface area contributed by atoms with Crippen LogP contribution in [0.2, 0.25) is 0 Å². The van der Waals surface area contributed by atoms with Gasteiger partial charge in [0.2, 0.25) is 0 Å². The molecule has 0 radical (unpaired) electrons. The van der Waals surface area contributed by atoms with Crippen molar-refractivity contribution in [2.75, 3.05) is 13.2 Å². The maximum atomic E-state index is 12.2. The molecule has 1 saturated heterocycles. The largest absolute Gasteiger partial charge is 0.377 e. The van der Waals surface area contributed by atoms with E-state index >= 15 is 0 Å². The Hall–Kier alpha value is -1.46. The van der Waals surface area contributed by atoms with E-state index in [4.69, 9.17) is 4.74 Å². The van der Waals surface area contributed by atoms with Crippen molar-refractivity contribution in [1.82, 2.24) is 10.3 Å². The average molecular weight is 262 g/mol. The van der Waals surface area contributed by atoms with Crippen LogP contribution >= 0.6 is 11.3 Å². The molecular formula is C13H14N2O2S. The Labute approximate surface area is 109 Å². The van der Waals surface area contributed by atoms with Crippen molar-refractivity contribution in [2.45, 2.75) is 19.9 Å². The smallest absolute Gasteiger partial charge is 0.262 e. The van der Waals surface area contributed by atoms with Crippen LogP contribution in [0.5, 0.6) is 0 Å². The number of carbonyl (C=O) groups is 1. The number of hydrogen-bond donors (Lipinski definition) is 1. The predicted molar refractivity (Wildman–Crippen MR) is 71.2 cm³/mol. The third-order valence-corrected chi connectivity index (χ3v) is 4.42. The second-order valence-electron chi connectivity index (χ2n) is 4.57. The van der Waals surface area contributed by atoms with Crippen molar-refractivity contribution >= 4 is 27.5 Å². The zero-order valence-electron chi connectivity index (χ0n) is 10.3. The topological polar surface area (TPSA) is 51.2 Å². The number of nitrogens with zero attached hydrogens (tertiary/aromatic N) is 1. The monoisotopic (exact) mass is 262 g/mol. The molecule has 18 heavy (non-hydrogen) atoms. The lowest BCUT2D eigenvalue weighted by atomic mass is 10.1. The highest BCUT2D eigenvalue weighted by atomic mass is 32.1. The van der Waals surface area contributed by atoms with Gasteiger partial charge >= 0.3 is 0 Å². The number of carbonyl (C=O) groups excluding carboxylic acids is 1. The summed E-state index contributed by atoms with van der Waals surface area (Å²) in [5, 5.41) is 4.08. The molecule has 0 atom stereocenters. The summed E-state index contributed by atoms with van der Waals surface area (Å²) in [4.78, 5) is 18.2. The number of ether oxygens (including phenoxy) is 1. The fourth-order valence-electron chi connectivity index (χ4n) is 2.14. The first-order chi connectivity index (χ1) is 8.66. The van der Waals surface area contributed by atoms with E-state index in [0.717, 1.165) is 20.7 Å². The molecule has 4 nitrogen and oxygen atoms in total. The number of aryl methyl sites for hydroxylation is 2. The predicted octanol–water partition coefficient (Wildman–Crippen LogP) is 2.04. The van der Waals surface area contributed by atoms with Gasteiger partial charge in [-0.2, -0.15) is 0 Å². The van der Waals surface area contributed by atoms with Gasteiger partial charge in [-0.1, -0.05) is 0 Å². The first kappa shape index (κ1) is 11.6. The fourth-order valence-corrected chi connectivity index (χ4v) is 3.27. The molecule has 1 aliphatic heterocycles. The maximum absolute atomic E-state index is 12.2. The Morgan fingerprint density at radius 1 is 1.50 bits per heavy atom. The summed E-state index contributed by atoms with van der Waals surface area (Å²) in [6.45, 7) is 5.27. The van der Waals surface area contributed by atoms with E-state index in [1.165, 1.54) is 16.9 Å². The summed E-state index contributed by atoms with van der Waals surface area (Å²) in [6.07, 6.45) is 1.79. The van der Waals surface area contributed by atoms with Gasteiger partial charge in [0, 0.05) is 11.6 Å². The van der Waals surface area contributed by atoms with Gasteiger partial charge in [0.15, 0.2) is 0 Å². The Morgan fingerprint density at radius 3 is 2.89 bits per heavy atom. The van der Waals surface area contributed by atoms with Crippen LogP contribution < -0.4 is 5.32 Å². The van der Waals surface area contributed by atoms with Gasteiger partial charge < -0.3 is 10.1 Å².